The second-order valence-electron chi connectivity index (χ2n) is 8.24. The summed E-state index contributed by atoms with van der Waals surface area (Å²) in [6, 6.07) is 16.4. The van der Waals surface area contributed by atoms with Crippen molar-refractivity contribution in [2.75, 3.05) is 6.61 Å². The van der Waals surface area contributed by atoms with Gasteiger partial charge in [0.05, 0.1) is 17.6 Å². The summed E-state index contributed by atoms with van der Waals surface area (Å²) in [5.41, 5.74) is 3.41. The average Bonchev–Trinajstić information content (AvgIpc) is 3.35. The molecule has 0 aliphatic heterocycles. The molecule has 1 aliphatic rings. The number of imidazole rings is 1. The first-order chi connectivity index (χ1) is 13.6. The fourth-order valence-electron chi connectivity index (χ4n) is 4.19. The molecule has 0 saturated heterocycles. The Morgan fingerprint density at radius 2 is 1.79 bits per heavy atom. The molecule has 1 unspecified atom stereocenters. The number of ether oxygens (including phenoxy) is 1. The predicted molar refractivity (Wildman–Crippen MR) is 113 cm³/mol. The van der Waals surface area contributed by atoms with E-state index in [1.54, 1.807) is 0 Å². The number of para-hydroxylation sites is 2. The molecule has 0 amide bonds. The van der Waals surface area contributed by atoms with E-state index < -0.39 is 6.10 Å². The lowest BCUT2D eigenvalue weighted by Crippen LogP contribution is -2.25. The van der Waals surface area contributed by atoms with Crippen LogP contribution in [0.15, 0.2) is 48.5 Å². The van der Waals surface area contributed by atoms with E-state index in [1.807, 2.05) is 24.3 Å². The second-order valence-corrected chi connectivity index (χ2v) is 8.24. The van der Waals surface area contributed by atoms with Gasteiger partial charge >= 0.3 is 0 Å². The fraction of sp³-hybridized carbons (Fsp3) is 0.458. The normalized spacial score (nSPS) is 16.1. The summed E-state index contributed by atoms with van der Waals surface area (Å²) in [4.78, 5) is 4.90. The molecule has 0 spiro atoms. The third-order valence-corrected chi connectivity index (χ3v) is 5.79. The molecule has 148 valence electrons. The van der Waals surface area contributed by atoms with Crippen LogP contribution in [0.3, 0.4) is 0 Å². The molecular weight excluding hydrogens is 348 g/mol. The number of aliphatic hydroxyl groups excluding tert-OH is 1. The van der Waals surface area contributed by atoms with Crippen molar-refractivity contribution in [1.29, 1.82) is 0 Å². The van der Waals surface area contributed by atoms with Gasteiger partial charge in [-0.1, -0.05) is 51.0 Å². The number of hydrogen-bond acceptors (Lipinski definition) is 3. The molecule has 1 fully saturated rings. The predicted octanol–water partition coefficient (Wildman–Crippen LogP) is 5.26. The zero-order valence-electron chi connectivity index (χ0n) is 16.8. The van der Waals surface area contributed by atoms with E-state index in [4.69, 9.17) is 9.72 Å². The van der Waals surface area contributed by atoms with E-state index in [0.29, 0.717) is 18.4 Å². The first kappa shape index (κ1) is 19.0. The van der Waals surface area contributed by atoms with Crippen LogP contribution in [-0.2, 0) is 6.54 Å². The van der Waals surface area contributed by atoms with E-state index in [0.717, 1.165) is 22.6 Å². The average molecular weight is 379 g/mol. The zero-order valence-corrected chi connectivity index (χ0v) is 16.8. The standard InChI is InChI=1S/C24H30N2O2/c1-17(2)18-11-13-21(14-12-18)28-16-20(27)15-26-23-10-6-5-9-22(23)25-24(26)19-7-3-4-8-19/h5-6,9-14,17,19-20,27H,3-4,7-8,15-16H2,1-2H3. The van der Waals surface area contributed by atoms with E-state index in [2.05, 4.69) is 42.7 Å². The number of nitrogens with zero attached hydrogens (tertiary/aromatic N) is 2. The highest BCUT2D eigenvalue weighted by Gasteiger charge is 2.24. The molecule has 0 radical (unpaired) electrons. The lowest BCUT2D eigenvalue weighted by molar-refractivity contribution is 0.0924. The molecule has 1 heterocycles. The quantitative estimate of drug-likeness (QED) is 0.610. The molecule has 1 aliphatic carbocycles. The Hall–Kier alpha value is -2.33. The molecule has 28 heavy (non-hydrogen) atoms. The Labute approximate surface area is 167 Å². The maximum absolute atomic E-state index is 10.7. The lowest BCUT2D eigenvalue weighted by atomic mass is 10.0. The number of benzene rings is 2. The van der Waals surface area contributed by atoms with Gasteiger partial charge in [0.15, 0.2) is 0 Å². The van der Waals surface area contributed by atoms with Crippen molar-refractivity contribution >= 4 is 11.0 Å². The first-order valence-electron chi connectivity index (χ1n) is 10.5. The Morgan fingerprint density at radius 3 is 2.50 bits per heavy atom. The minimum absolute atomic E-state index is 0.275. The molecule has 2 aromatic carbocycles. The van der Waals surface area contributed by atoms with Crippen LogP contribution in [0.4, 0.5) is 0 Å². The molecule has 1 saturated carbocycles. The van der Waals surface area contributed by atoms with Gasteiger partial charge in [-0.3, -0.25) is 0 Å². The summed E-state index contributed by atoms with van der Waals surface area (Å²) in [6.45, 7) is 5.14. The summed E-state index contributed by atoms with van der Waals surface area (Å²) < 4.78 is 8.05. The highest BCUT2D eigenvalue weighted by atomic mass is 16.5. The maximum Gasteiger partial charge on any atom is 0.119 e. The number of aromatic nitrogens is 2. The van der Waals surface area contributed by atoms with E-state index in [9.17, 15) is 5.11 Å². The van der Waals surface area contributed by atoms with Gasteiger partial charge in [0.1, 0.15) is 24.3 Å². The van der Waals surface area contributed by atoms with Crippen LogP contribution in [0.25, 0.3) is 11.0 Å². The van der Waals surface area contributed by atoms with Crippen LogP contribution in [0.2, 0.25) is 0 Å². The molecule has 4 heteroatoms. The van der Waals surface area contributed by atoms with Gasteiger partial charge in [0, 0.05) is 5.92 Å². The summed E-state index contributed by atoms with van der Waals surface area (Å²) in [6.07, 6.45) is 4.34. The van der Waals surface area contributed by atoms with Gasteiger partial charge in [-0.05, 0) is 48.6 Å². The van der Waals surface area contributed by atoms with Crippen LogP contribution in [0, 0.1) is 0 Å². The molecule has 1 atom stereocenters. The monoisotopic (exact) mass is 378 g/mol. The highest BCUT2D eigenvalue weighted by Crippen LogP contribution is 2.35. The van der Waals surface area contributed by atoms with Gasteiger partial charge in [0.25, 0.3) is 0 Å². The molecule has 1 aromatic heterocycles. The van der Waals surface area contributed by atoms with Crippen LogP contribution in [-0.4, -0.2) is 27.4 Å². The smallest absolute Gasteiger partial charge is 0.119 e. The number of aliphatic hydroxyl groups is 1. The SMILES string of the molecule is CC(C)c1ccc(OCC(O)Cn2c(C3CCCC3)nc3ccccc32)cc1. The molecule has 0 bridgehead atoms. The molecule has 1 N–H and O–H groups in total. The van der Waals surface area contributed by atoms with Crippen molar-refractivity contribution in [2.45, 2.75) is 64.0 Å². The van der Waals surface area contributed by atoms with Gasteiger partial charge in [-0.25, -0.2) is 4.98 Å². The van der Waals surface area contributed by atoms with Crippen LogP contribution in [0.5, 0.6) is 5.75 Å². The van der Waals surface area contributed by atoms with Gasteiger partial charge in [-0.2, -0.15) is 0 Å². The van der Waals surface area contributed by atoms with E-state index in [-0.39, 0.29) is 6.61 Å². The Balaban J connectivity index is 1.47. The first-order valence-corrected chi connectivity index (χ1v) is 10.5. The van der Waals surface area contributed by atoms with Crippen molar-refractivity contribution in [1.82, 2.24) is 9.55 Å². The zero-order chi connectivity index (χ0) is 19.5. The van der Waals surface area contributed by atoms with Crippen molar-refractivity contribution < 1.29 is 9.84 Å². The number of hydrogen-bond donors (Lipinski definition) is 1. The van der Waals surface area contributed by atoms with Crippen LogP contribution in [0.1, 0.15) is 62.8 Å². The van der Waals surface area contributed by atoms with Crippen molar-refractivity contribution in [2.24, 2.45) is 0 Å². The van der Waals surface area contributed by atoms with Crippen molar-refractivity contribution in [3.05, 3.63) is 59.9 Å². The molecule has 3 aromatic rings. The van der Waals surface area contributed by atoms with Crippen LogP contribution < -0.4 is 4.74 Å². The van der Waals surface area contributed by atoms with E-state index >= 15 is 0 Å². The maximum atomic E-state index is 10.7. The topological polar surface area (TPSA) is 47.3 Å². The number of fused-ring (bicyclic) bond motifs is 1. The largest absolute Gasteiger partial charge is 0.491 e. The highest BCUT2D eigenvalue weighted by molar-refractivity contribution is 5.76. The van der Waals surface area contributed by atoms with Gasteiger partial charge in [0.2, 0.25) is 0 Å². The molecular formula is C24H30N2O2. The van der Waals surface area contributed by atoms with Gasteiger partial charge < -0.3 is 14.4 Å². The Bertz CT molecular complexity index is 908. The minimum Gasteiger partial charge on any atom is -0.491 e. The summed E-state index contributed by atoms with van der Waals surface area (Å²) in [5, 5.41) is 10.7. The Kier molecular flexibility index (Phi) is 5.67. The lowest BCUT2D eigenvalue weighted by Gasteiger charge is -2.18. The fourth-order valence-corrected chi connectivity index (χ4v) is 4.19. The van der Waals surface area contributed by atoms with Crippen molar-refractivity contribution in [3.8, 4) is 5.75 Å². The van der Waals surface area contributed by atoms with Crippen molar-refractivity contribution in [3.63, 3.8) is 0 Å². The summed E-state index contributed by atoms with van der Waals surface area (Å²) >= 11 is 0. The third-order valence-electron chi connectivity index (χ3n) is 5.79. The van der Waals surface area contributed by atoms with Gasteiger partial charge in [-0.15, -0.1) is 0 Å². The number of rotatable bonds is 7. The molecule has 4 rings (SSSR count). The van der Waals surface area contributed by atoms with Crippen LogP contribution >= 0.6 is 0 Å². The third kappa shape index (κ3) is 4.07. The summed E-state index contributed by atoms with van der Waals surface area (Å²) in [7, 11) is 0. The second kappa shape index (κ2) is 8.36. The molecule has 4 nitrogen and oxygen atoms in total. The van der Waals surface area contributed by atoms with E-state index in [1.165, 1.54) is 31.2 Å². The summed E-state index contributed by atoms with van der Waals surface area (Å²) in [5.74, 6) is 2.93. The Morgan fingerprint density at radius 1 is 1.07 bits per heavy atom. The minimum atomic E-state index is -0.581.